The van der Waals surface area contributed by atoms with Crippen LogP contribution in [0.1, 0.15) is 22.3 Å². The molecule has 0 atom stereocenters. The van der Waals surface area contributed by atoms with E-state index in [2.05, 4.69) is 23.7 Å². The molecule has 4 heteroatoms. The first-order chi connectivity index (χ1) is 11.0. The Bertz CT molecular complexity index is 713. The van der Waals surface area contributed by atoms with Gasteiger partial charge in [-0.15, -0.1) is 0 Å². The van der Waals surface area contributed by atoms with Crippen molar-refractivity contribution in [3.63, 3.8) is 0 Å². The lowest BCUT2D eigenvalue weighted by Crippen LogP contribution is -2.42. The van der Waals surface area contributed by atoms with Gasteiger partial charge in [-0.25, -0.2) is 4.79 Å². The summed E-state index contributed by atoms with van der Waals surface area (Å²) in [4.78, 5) is 11.7. The van der Waals surface area contributed by atoms with Crippen molar-refractivity contribution in [2.24, 2.45) is 0 Å². The fourth-order valence-electron chi connectivity index (χ4n) is 3.52. The molecule has 3 rings (SSSR count). The summed E-state index contributed by atoms with van der Waals surface area (Å²) < 4.78 is 2.60. The topological polar surface area (TPSA) is 40.5 Å². The van der Waals surface area contributed by atoms with Gasteiger partial charge in [0.05, 0.1) is 5.56 Å². The van der Waals surface area contributed by atoms with Gasteiger partial charge in [-0.1, -0.05) is 55.6 Å². The summed E-state index contributed by atoms with van der Waals surface area (Å²) in [5.41, 5.74) is 3.38. The minimum atomic E-state index is -1.33. The van der Waals surface area contributed by atoms with Crippen LogP contribution in [-0.4, -0.2) is 30.4 Å². The van der Waals surface area contributed by atoms with Gasteiger partial charge in [0.1, 0.15) is 8.24 Å². The highest BCUT2D eigenvalue weighted by atomic mass is 28.3. The van der Waals surface area contributed by atoms with Crippen LogP contribution in [0.3, 0.4) is 0 Å². The van der Waals surface area contributed by atoms with E-state index in [-0.39, 0.29) is 0 Å². The fraction of sp³-hybridized carbons (Fsp3) is 0.316. The van der Waals surface area contributed by atoms with Gasteiger partial charge in [0.15, 0.2) is 0 Å². The Morgan fingerprint density at radius 1 is 1.13 bits per heavy atom. The first-order valence-corrected chi connectivity index (χ1v) is 11.3. The first kappa shape index (κ1) is 16.0. The number of carbonyl (C=O) groups is 1. The van der Waals surface area contributed by atoms with Crippen molar-refractivity contribution in [3.8, 4) is 11.1 Å². The highest BCUT2D eigenvalue weighted by Crippen LogP contribution is 2.33. The van der Waals surface area contributed by atoms with E-state index in [1.165, 1.54) is 12.5 Å². The number of benzene rings is 2. The predicted molar refractivity (Wildman–Crippen MR) is 96.2 cm³/mol. The van der Waals surface area contributed by atoms with Crippen LogP contribution in [0.5, 0.6) is 0 Å². The fourth-order valence-corrected chi connectivity index (χ4v) is 6.22. The summed E-state index contributed by atoms with van der Waals surface area (Å²) in [6.45, 7) is 6.79. The van der Waals surface area contributed by atoms with Gasteiger partial charge in [0.2, 0.25) is 0 Å². The summed E-state index contributed by atoms with van der Waals surface area (Å²) in [7, 11) is -1.33. The van der Waals surface area contributed by atoms with Gasteiger partial charge in [-0.2, -0.15) is 0 Å². The third-order valence-corrected chi connectivity index (χ3v) is 8.55. The van der Waals surface area contributed by atoms with Gasteiger partial charge in [0.25, 0.3) is 0 Å². The van der Waals surface area contributed by atoms with Gasteiger partial charge in [0, 0.05) is 12.1 Å². The molecule has 3 nitrogen and oxygen atoms in total. The zero-order chi connectivity index (χ0) is 16.4. The van der Waals surface area contributed by atoms with Gasteiger partial charge < -0.3 is 9.67 Å². The highest BCUT2D eigenvalue weighted by molar-refractivity contribution is 6.75. The summed E-state index contributed by atoms with van der Waals surface area (Å²) in [6.07, 6.45) is 1.26. The number of nitrogens with zero attached hydrogens (tertiary/aromatic N) is 1. The number of aromatic carboxylic acids is 1. The van der Waals surface area contributed by atoms with Crippen molar-refractivity contribution in [2.45, 2.75) is 32.1 Å². The average molecular weight is 325 g/mol. The molecule has 0 aromatic heterocycles. The van der Waals surface area contributed by atoms with Crippen LogP contribution >= 0.6 is 0 Å². The quantitative estimate of drug-likeness (QED) is 0.844. The molecule has 1 N–H and O–H groups in total. The summed E-state index contributed by atoms with van der Waals surface area (Å²) in [5, 5.41) is 9.61. The number of hydrogen-bond acceptors (Lipinski definition) is 2. The van der Waals surface area contributed by atoms with Gasteiger partial charge >= 0.3 is 5.97 Å². The van der Waals surface area contributed by atoms with Crippen LogP contribution in [-0.2, 0) is 6.54 Å². The van der Waals surface area contributed by atoms with Crippen molar-refractivity contribution in [1.29, 1.82) is 0 Å². The predicted octanol–water partition coefficient (Wildman–Crippen LogP) is 4.46. The van der Waals surface area contributed by atoms with Gasteiger partial charge in [-0.3, -0.25) is 0 Å². The third kappa shape index (κ3) is 3.23. The van der Waals surface area contributed by atoms with Crippen LogP contribution in [0.4, 0.5) is 0 Å². The third-order valence-electron chi connectivity index (χ3n) is 4.88. The van der Waals surface area contributed by atoms with Gasteiger partial charge in [-0.05, 0) is 36.2 Å². The lowest BCUT2D eigenvalue weighted by Gasteiger charge is -2.30. The standard InChI is InChI=1S/C19H23NO2Si/c1-23(2)13-7-12-20(23)14-16-10-6-11-17(19(21)22)18(16)15-8-4-3-5-9-15/h3-6,8-11H,7,12-14H2,1-2H3,(H,21,22). The molecular weight excluding hydrogens is 302 g/mol. The molecule has 2 aromatic carbocycles. The molecule has 1 fully saturated rings. The molecule has 0 radical (unpaired) electrons. The number of carboxylic acid groups (broad SMARTS) is 1. The van der Waals surface area contributed by atoms with E-state index >= 15 is 0 Å². The second kappa shape index (κ2) is 6.30. The second-order valence-corrected chi connectivity index (χ2v) is 11.6. The molecule has 1 saturated heterocycles. The number of rotatable bonds is 4. The minimum absolute atomic E-state index is 0.396. The normalized spacial score (nSPS) is 17.3. The van der Waals surface area contributed by atoms with E-state index < -0.39 is 14.2 Å². The zero-order valence-electron chi connectivity index (χ0n) is 13.7. The molecule has 0 unspecified atom stereocenters. The van der Waals surface area contributed by atoms with Crippen molar-refractivity contribution in [1.82, 2.24) is 4.57 Å². The summed E-state index contributed by atoms with van der Waals surface area (Å²) in [6, 6.07) is 16.9. The molecular formula is C19H23NO2Si. The van der Waals surface area contributed by atoms with Crippen LogP contribution in [0, 0.1) is 0 Å². The Labute approximate surface area is 138 Å². The van der Waals surface area contributed by atoms with Crippen molar-refractivity contribution in [3.05, 3.63) is 59.7 Å². The van der Waals surface area contributed by atoms with Crippen LogP contribution in [0.2, 0.25) is 19.1 Å². The smallest absolute Gasteiger partial charge is 0.336 e. The Morgan fingerprint density at radius 2 is 1.87 bits per heavy atom. The molecule has 0 saturated carbocycles. The zero-order valence-corrected chi connectivity index (χ0v) is 14.7. The summed E-state index contributed by atoms with van der Waals surface area (Å²) in [5.74, 6) is -0.858. The van der Waals surface area contributed by atoms with E-state index in [0.717, 1.165) is 29.8 Å². The van der Waals surface area contributed by atoms with Crippen molar-refractivity contribution in [2.75, 3.05) is 6.54 Å². The first-order valence-electron chi connectivity index (χ1n) is 8.15. The molecule has 0 aliphatic carbocycles. The molecule has 0 bridgehead atoms. The molecule has 2 aromatic rings. The van der Waals surface area contributed by atoms with Crippen molar-refractivity contribution >= 4 is 14.2 Å². The van der Waals surface area contributed by atoms with E-state index in [9.17, 15) is 9.90 Å². The maximum Gasteiger partial charge on any atom is 0.336 e. The highest BCUT2D eigenvalue weighted by Gasteiger charge is 2.34. The molecule has 1 heterocycles. The largest absolute Gasteiger partial charge is 0.478 e. The Hall–Kier alpha value is -1.91. The van der Waals surface area contributed by atoms with Crippen LogP contribution in [0.15, 0.2) is 48.5 Å². The molecule has 1 aliphatic rings. The van der Waals surface area contributed by atoms with Crippen LogP contribution in [0.25, 0.3) is 11.1 Å². The van der Waals surface area contributed by atoms with E-state index in [4.69, 9.17) is 0 Å². The number of carboxylic acids is 1. The molecule has 0 spiro atoms. The molecule has 23 heavy (non-hydrogen) atoms. The maximum absolute atomic E-state index is 11.7. The SMILES string of the molecule is C[Si]1(C)CCCN1Cc1cccc(C(=O)O)c1-c1ccccc1. The van der Waals surface area contributed by atoms with Crippen molar-refractivity contribution < 1.29 is 9.90 Å². The lowest BCUT2D eigenvalue weighted by atomic mass is 9.94. The summed E-state index contributed by atoms with van der Waals surface area (Å²) >= 11 is 0. The van der Waals surface area contributed by atoms with E-state index in [1.807, 2.05) is 36.4 Å². The van der Waals surface area contributed by atoms with E-state index in [1.54, 1.807) is 6.07 Å². The minimum Gasteiger partial charge on any atom is -0.478 e. The lowest BCUT2D eigenvalue weighted by molar-refractivity contribution is 0.0697. The van der Waals surface area contributed by atoms with Crippen LogP contribution < -0.4 is 0 Å². The average Bonchev–Trinajstić information content (AvgIpc) is 2.86. The maximum atomic E-state index is 11.7. The molecule has 120 valence electrons. The molecule has 1 aliphatic heterocycles. The Kier molecular flexibility index (Phi) is 4.37. The Balaban J connectivity index is 2.07. The Morgan fingerprint density at radius 3 is 2.48 bits per heavy atom. The second-order valence-electron chi connectivity index (χ2n) is 6.85. The molecule has 0 amide bonds. The monoisotopic (exact) mass is 325 g/mol. The van der Waals surface area contributed by atoms with E-state index in [0.29, 0.717) is 5.56 Å². The number of hydrogen-bond donors (Lipinski definition) is 1.